The number of hydrogen-bond acceptors (Lipinski definition) is 5. The number of carbonyl (C=O) groups is 2. The summed E-state index contributed by atoms with van der Waals surface area (Å²) in [5, 5.41) is 0. The lowest BCUT2D eigenvalue weighted by Crippen LogP contribution is -2.64. The van der Waals surface area contributed by atoms with Crippen molar-refractivity contribution in [1.29, 1.82) is 0 Å². The lowest BCUT2D eigenvalue weighted by molar-refractivity contribution is -0.137. The molecule has 0 bridgehead atoms. The van der Waals surface area contributed by atoms with E-state index in [1.54, 1.807) is 11.9 Å². The molecule has 4 rings (SSSR count). The Labute approximate surface area is 160 Å². The van der Waals surface area contributed by atoms with Gasteiger partial charge in [-0.3, -0.25) is 9.69 Å². The molecule has 7 heteroatoms. The van der Waals surface area contributed by atoms with E-state index in [1.165, 1.54) is 10.5 Å². The quantitative estimate of drug-likeness (QED) is 0.816. The molecule has 1 aromatic carbocycles. The maximum atomic E-state index is 13.2. The number of guanidine groups is 1. The van der Waals surface area contributed by atoms with Crippen LogP contribution in [0.1, 0.15) is 25.8 Å². The molecule has 3 amide bonds. The van der Waals surface area contributed by atoms with Crippen molar-refractivity contribution in [3.8, 4) is 0 Å². The highest BCUT2D eigenvalue weighted by Gasteiger charge is 2.54. The van der Waals surface area contributed by atoms with E-state index in [0.29, 0.717) is 12.5 Å². The Bertz CT molecular complexity index is 788. The summed E-state index contributed by atoms with van der Waals surface area (Å²) in [6.45, 7) is 8.26. The molecular formula is C20H27N5O2. The first-order valence-electron chi connectivity index (χ1n) is 9.65. The van der Waals surface area contributed by atoms with Gasteiger partial charge in [-0.15, -0.1) is 0 Å². The van der Waals surface area contributed by atoms with Crippen molar-refractivity contribution in [2.24, 2.45) is 10.9 Å². The summed E-state index contributed by atoms with van der Waals surface area (Å²) in [4.78, 5) is 37.9. The van der Waals surface area contributed by atoms with Crippen LogP contribution in [0, 0.1) is 12.8 Å². The minimum Gasteiger partial charge on any atom is -0.325 e. The Hall–Kier alpha value is -2.57. The summed E-state index contributed by atoms with van der Waals surface area (Å²) in [6.07, 6.45) is 0.370. The predicted molar refractivity (Wildman–Crippen MR) is 105 cm³/mol. The smallest absolute Gasteiger partial charge is 0.325 e. The molecule has 2 unspecified atom stereocenters. The molecule has 3 aliphatic rings. The molecule has 144 valence electrons. The number of aliphatic imine (C=N–C) groups is 1. The van der Waals surface area contributed by atoms with Gasteiger partial charge in [-0.25, -0.2) is 9.79 Å². The topological polar surface area (TPSA) is 59.5 Å². The lowest BCUT2D eigenvalue weighted by atomic mass is 10.1. The number of aryl methyl sites for hydroxylation is 1. The Kier molecular flexibility index (Phi) is 4.32. The largest absolute Gasteiger partial charge is 0.328 e. The van der Waals surface area contributed by atoms with Crippen molar-refractivity contribution in [1.82, 2.24) is 14.7 Å². The number of fused-ring (bicyclic) bond motifs is 3. The fourth-order valence-corrected chi connectivity index (χ4v) is 4.00. The Morgan fingerprint density at radius 3 is 2.52 bits per heavy atom. The molecule has 0 spiro atoms. The van der Waals surface area contributed by atoms with Crippen LogP contribution in [0.4, 0.5) is 10.5 Å². The van der Waals surface area contributed by atoms with Crippen LogP contribution < -0.4 is 4.90 Å². The molecule has 2 saturated heterocycles. The number of carbonyl (C=O) groups excluding carboxylic acids is 2. The van der Waals surface area contributed by atoms with Crippen molar-refractivity contribution in [3.05, 3.63) is 29.8 Å². The van der Waals surface area contributed by atoms with Gasteiger partial charge in [-0.05, 0) is 31.4 Å². The van der Waals surface area contributed by atoms with Crippen LogP contribution in [0.5, 0.6) is 0 Å². The summed E-state index contributed by atoms with van der Waals surface area (Å²) in [5.74, 6) is 1.12. The SMILES string of the molecule is Cc1ccc(N2CCN3C2=NC2C3C(=O)N(CCC(C)C)C(=O)N2C)cc1. The van der Waals surface area contributed by atoms with Crippen LogP contribution in [0.3, 0.4) is 0 Å². The number of likely N-dealkylation sites (N-methyl/N-ethyl adjacent to an activating group) is 1. The highest BCUT2D eigenvalue weighted by atomic mass is 16.2. The Morgan fingerprint density at radius 1 is 1.15 bits per heavy atom. The Morgan fingerprint density at radius 2 is 1.85 bits per heavy atom. The van der Waals surface area contributed by atoms with Crippen LogP contribution in [0.25, 0.3) is 0 Å². The molecule has 7 nitrogen and oxygen atoms in total. The highest BCUT2D eigenvalue weighted by molar-refractivity contribution is 6.07. The van der Waals surface area contributed by atoms with E-state index in [2.05, 4.69) is 54.8 Å². The molecule has 2 fully saturated rings. The van der Waals surface area contributed by atoms with E-state index < -0.39 is 12.2 Å². The van der Waals surface area contributed by atoms with E-state index in [1.807, 2.05) is 0 Å². The number of hydrogen-bond donors (Lipinski definition) is 0. The minimum absolute atomic E-state index is 0.117. The molecule has 0 aliphatic carbocycles. The molecule has 3 heterocycles. The molecule has 1 aromatic rings. The van der Waals surface area contributed by atoms with Gasteiger partial charge >= 0.3 is 6.03 Å². The van der Waals surface area contributed by atoms with Gasteiger partial charge in [-0.2, -0.15) is 0 Å². The lowest BCUT2D eigenvalue weighted by Gasteiger charge is -2.40. The van der Waals surface area contributed by atoms with Gasteiger partial charge in [0.15, 0.2) is 12.2 Å². The third-order valence-corrected chi connectivity index (χ3v) is 5.65. The zero-order valence-electron chi connectivity index (χ0n) is 16.4. The summed E-state index contributed by atoms with van der Waals surface area (Å²) >= 11 is 0. The third kappa shape index (κ3) is 2.85. The van der Waals surface area contributed by atoms with Crippen LogP contribution in [0.15, 0.2) is 29.3 Å². The van der Waals surface area contributed by atoms with E-state index in [9.17, 15) is 9.59 Å². The van der Waals surface area contributed by atoms with Crippen molar-refractivity contribution in [3.63, 3.8) is 0 Å². The number of anilines is 1. The molecule has 3 aliphatic heterocycles. The average molecular weight is 369 g/mol. The Balaban J connectivity index is 1.61. The molecule has 0 saturated carbocycles. The molecule has 2 atom stereocenters. The van der Waals surface area contributed by atoms with Gasteiger partial charge in [0, 0.05) is 32.4 Å². The average Bonchev–Trinajstić information content (AvgIpc) is 3.19. The van der Waals surface area contributed by atoms with Gasteiger partial charge < -0.3 is 14.7 Å². The van der Waals surface area contributed by atoms with Gasteiger partial charge in [0.25, 0.3) is 5.91 Å². The zero-order valence-corrected chi connectivity index (χ0v) is 16.4. The minimum atomic E-state index is -0.441. The number of imide groups is 1. The van der Waals surface area contributed by atoms with Gasteiger partial charge in [0.2, 0.25) is 5.96 Å². The summed E-state index contributed by atoms with van der Waals surface area (Å²) in [6, 6.07) is 7.66. The van der Waals surface area contributed by atoms with Crippen LogP contribution >= 0.6 is 0 Å². The molecule has 0 radical (unpaired) electrons. The number of urea groups is 1. The van der Waals surface area contributed by atoms with Gasteiger partial charge in [0.1, 0.15) is 0 Å². The highest BCUT2D eigenvalue weighted by Crippen LogP contribution is 2.33. The second-order valence-corrected chi connectivity index (χ2v) is 8.03. The summed E-state index contributed by atoms with van der Waals surface area (Å²) in [5.41, 5.74) is 2.27. The second kappa shape index (κ2) is 6.55. The van der Waals surface area contributed by atoms with Crippen LogP contribution in [-0.4, -0.2) is 71.5 Å². The number of rotatable bonds is 4. The number of amides is 3. The standard InChI is InChI=1S/C20H27N5O2/c1-13(2)9-10-25-18(26)16-17(22(4)20(25)27)21-19-23(11-12-24(16)19)15-7-5-14(3)6-8-15/h5-8,13,16-17H,9-12H2,1-4H3. The summed E-state index contributed by atoms with van der Waals surface area (Å²) in [7, 11) is 1.75. The predicted octanol–water partition coefficient (Wildman–Crippen LogP) is 2.12. The molecule has 27 heavy (non-hydrogen) atoms. The monoisotopic (exact) mass is 369 g/mol. The normalized spacial score (nSPS) is 24.7. The van der Waals surface area contributed by atoms with Crippen molar-refractivity contribution < 1.29 is 9.59 Å². The van der Waals surface area contributed by atoms with Crippen molar-refractivity contribution in [2.75, 3.05) is 31.6 Å². The van der Waals surface area contributed by atoms with Gasteiger partial charge in [-0.1, -0.05) is 31.5 Å². The zero-order chi connectivity index (χ0) is 19.3. The summed E-state index contributed by atoms with van der Waals surface area (Å²) < 4.78 is 0. The van der Waals surface area contributed by atoms with Crippen molar-refractivity contribution in [2.45, 2.75) is 39.4 Å². The first kappa shape index (κ1) is 17.8. The molecule has 0 aromatic heterocycles. The maximum absolute atomic E-state index is 13.2. The second-order valence-electron chi connectivity index (χ2n) is 8.03. The third-order valence-electron chi connectivity index (χ3n) is 5.65. The van der Waals surface area contributed by atoms with E-state index in [0.717, 1.165) is 31.2 Å². The van der Waals surface area contributed by atoms with Crippen LogP contribution in [-0.2, 0) is 4.79 Å². The van der Waals surface area contributed by atoms with Gasteiger partial charge in [0.05, 0.1) is 0 Å². The first-order chi connectivity index (χ1) is 12.9. The van der Waals surface area contributed by atoms with E-state index >= 15 is 0 Å². The van der Waals surface area contributed by atoms with Crippen molar-refractivity contribution >= 4 is 23.6 Å². The first-order valence-corrected chi connectivity index (χ1v) is 9.65. The number of nitrogens with zero attached hydrogens (tertiary/aromatic N) is 5. The van der Waals surface area contributed by atoms with E-state index in [4.69, 9.17) is 4.99 Å². The fourth-order valence-electron chi connectivity index (χ4n) is 4.00. The fraction of sp³-hybridized carbons (Fsp3) is 0.550. The maximum Gasteiger partial charge on any atom is 0.328 e. The molecule has 0 N–H and O–H groups in total. The van der Waals surface area contributed by atoms with E-state index in [-0.39, 0.29) is 11.9 Å². The molecular weight excluding hydrogens is 342 g/mol. The number of benzene rings is 1. The van der Waals surface area contributed by atoms with Crippen LogP contribution in [0.2, 0.25) is 0 Å².